The van der Waals surface area contributed by atoms with Crippen molar-refractivity contribution in [1.82, 2.24) is 0 Å². The van der Waals surface area contributed by atoms with E-state index in [1.54, 1.807) is 12.1 Å². The first-order chi connectivity index (χ1) is 9.85. The van der Waals surface area contributed by atoms with Gasteiger partial charge in [0.05, 0.1) is 5.69 Å². The zero-order valence-electron chi connectivity index (χ0n) is 11.2. The van der Waals surface area contributed by atoms with Crippen LogP contribution in [0.4, 0.5) is 10.1 Å². The van der Waals surface area contributed by atoms with Crippen LogP contribution in [0, 0.1) is 12.7 Å². The second-order valence-corrected chi connectivity index (χ2v) is 6.99. The van der Waals surface area contributed by atoms with E-state index in [2.05, 4.69) is 20.7 Å². The third-order valence-electron chi connectivity index (χ3n) is 3.03. The Hall–Kier alpha value is -1.44. The minimum atomic E-state index is -3.83. The highest BCUT2D eigenvalue weighted by Gasteiger charge is 2.19. The summed E-state index contributed by atoms with van der Waals surface area (Å²) >= 11 is 3.21. The van der Waals surface area contributed by atoms with Crippen molar-refractivity contribution in [2.45, 2.75) is 18.4 Å². The van der Waals surface area contributed by atoms with Crippen molar-refractivity contribution in [3.63, 3.8) is 0 Å². The van der Waals surface area contributed by atoms with Crippen LogP contribution in [0.1, 0.15) is 11.1 Å². The van der Waals surface area contributed by atoms with E-state index in [0.29, 0.717) is 10.0 Å². The topological polar surface area (TPSA) is 72.2 Å². The summed E-state index contributed by atoms with van der Waals surface area (Å²) in [6.07, 6.45) is 0. The van der Waals surface area contributed by atoms with Crippen LogP contribution in [-0.4, -0.2) is 8.42 Å². The summed E-state index contributed by atoms with van der Waals surface area (Å²) in [6, 6.07) is 9.08. The van der Waals surface area contributed by atoms with Crippen molar-refractivity contribution in [1.29, 1.82) is 0 Å². The van der Waals surface area contributed by atoms with Crippen LogP contribution in [0.25, 0.3) is 0 Å². The second kappa shape index (κ2) is 6.13. The van der Waals surface area contributed by atoms with Crippen molar-refractivity contribution >= 4 is 31.6 Å². The summed E-state index contributed by atoms with van der Waals surface area (Å²) in [6.45, 7) is 1.74. The van der Waals surface area contributed by atoms with Gasteiger partial charge < -0.3 is 5.73 Å². The van der Waals surface area contributed by atoms with E-state index in [0.717, 1.165) is 0 Å². The van der Waals surface area contributed by atoms with Crippen LogP contribution >= 0.6 is 15.9 Å². The largest absolute Gasteiger partial charge is 0.326 e. The SMILES string of the molecule is Cc1c(F)cccc1NS(=O)(=O)c1cc(CN)ccc1Br. The van der Waals surface area contributed by atoms with Gasteiger partial charge in [0.25, 0.3) is 10.0 Å². The maximum absolute atomic E-state index is 13.5. The van der Waals surface area contributed by atoms with Crippen LogP contribution < -0.4 is 10.5 Å². The maximum atomic E-state index is 13.5. The molecule has 0 aromatic heterocycles. The first-order valence-corrected chi connectivity index (χ1v) is 8.39. The predicted molar refractivity (Wildman–Crippen MR) is 84.0 cm³/mol. The van der Waals surface area contributed by atoms with Crippen LogP contribution in [0.2, 0.25) is 0 Å². The minimum absolute atomic E-state index is 0.0640. The molecule has 0 spiro atoms. The number of hydrogen-bond donors (Lipinski definition) is 2. The molecule has 0 amide bonds. The van der Waals surface area contributed by atoms with E-state index in [4.69, 9.17) is 5.73 Å². The van der Waals surface area contributed by atoms with E-state index in [-0.39, 0.29) is 22.7 Å². The Bertz CT molecular complexity index is 779. The molecule has 0 fully saturated rings. The molecule has 2 rings (SSSR count). The highest BCUT2D eigenvalue weighted by molar-refractivity contribution is 9.10. The molecule has 4 nitrogen and oxygen atoms in total. The lowest BCUT2D eigenvalue weighted by molar-refractivity contribution is 0.600. The van der Waals surface area contributed by atoms with Gasteiger partial charge in [0.2, 0.25) is 0 Å². The third kappa shape index (κ3) is 3.42. The molecule has 3 N–H and O–H groups in total. The molecule has 0 saturated carbocycles. The van der Waals surface area contributed by atoms with Gasteiger partial charge in [-0.3, -0.25) is 4.72 Å². The summed E-state index contributed by atoms with van der Waals surface area (Å²) < 4.78 is 41.2. The Morgan fingerprint density at radius 2 is 2.00 bits per heavy atom. The molecule has 0 aliphatic rings. The zero-order valence-corrected chi connectivity index (χ0v) is 13.6. The Morgan fingerprint density at radius 3 is 2.67 bits per heavy atom. The van der Waals surface area contributed by atoms with Crippen molar-refractivity contribution in [3.8, 4) is 0 Å². The van der Waals surface area contributed by atoms with Gasteiger partial charge in [-0.25, -0.2) is 12.8 Å². The van der Waals surface area contributed by atoms with E-state index < -0.39 is 15.8 Å². The molecule has 2 aromatic carbocycles. The second-order valence-electron chi connectivity index (χ2n) is 4.49. The van der Waals surface area contributed by atoms with Gasteiger partial charge in [0, 0.05) is 16.6 Å². The molecule has 21 heavy (non-hydrogen) atoms. The van der Waals surface area contributed by atoms with Gasteiger partial charge in [0.1, 0.15) is 10.7 Å². The minimum Gasteiger partial charge on any atom is -0.326 e. The Kier molecular flexibility index (Phi) is 4.65. The molecule has 112 valence electrons. The lowest BCUT2D eigenvalue weighted by Crippen LogP contribution is -2.15. The lowest BCUT2D eigenvalue weighted by atomic mass is 10.2. The van der Waals surface area contributed by atoms with Crippen LogP contribution in [0.3, 0.4) is 0 Å². The maximum Gasteiger partial charge on any atom is 0.263 e. The molecular weight excluding hydrogens is 359 g/mol. The first-order valence-electron chi connectivity index (χ1n) is 6.11. The van der Waals surface area contributed by atoms with Gasteiger partial charge in [0.15, 0.2) is 0 Å². The Balaban J connectivity index is 2.46. The number of nitrogens with two attached hydrogens (primary N) is 1. The number of halogens is 2. The fourth-order valence-electron chi connectivity index (χ4n) is 1.80. The smallest absolute Gasteiger partial charge is 0.263 e. The number of sulfonamides is 1. The molecule has 2 aromatic rings. The molecule has 0 heterocycles. The van der Waals surface area contributed by atoms with Crippen LogP contribution in [0.5, 0.6) is 0 Å². The van der Waals surface area contributed by atoms with Gasteiger partial charge >= 0.3 is 0 Å². The molecular formula is C14H14BrFN2O2S. The Labute approximate surface area is 131 Å². The molecule has 0 bridgehead atoms. The average Bonchev–Trinajstić information content (AvgIpc) is 2.44. The first kappa shape index (κ1) is 15.9. The summed E-state index contributed by atoms with van der Waals surface area (Å²) in [7, 11) is -3.83. The molecule has 7 heteroatoms. The molecule has 0 aliphatic heterocycles. The van der Waals surface area contributed by atoms with Crippen LogP contribution in [-0.2, 0) is 16.6 Å². The van der Waals surface area contributed by atoms with E-state index >= 15 is 0 Å². The average molecular weight is 373 g/mol. The zero-order chi connectivity index (χ0) is 15.6. The van der Waals surface area contributed by atoms with Gasteiger partial charge in [-0.05, 0) is 52.7 Å². The van der Waals surface area contributed by atoms with Crippen molar-refractivity contribution < 1.29 is 12.8 Å². The van der Waals surface area contributed by atoms with E-state index in [1.165, 1.54) is 31.2 Å². The fraction of sp³-hybridized carbons (Fsp3) is 0.143. The van der Waals surface area contributed by atoms with E-state index in [1.807, 2.05) is 0 Å². The van der Waals surface area contributed by atoms with Gasteiger partial charge in [-0.15, -0.1) is 0 Å². The quantitative estimate of drug-likeness (QED) is 0.865. The summed E-state index contributed by atoms with van der Waals surface area (Å²) in [5, 5.41) is 0. The van der Waals surface area contributed by atoms with E-state index in [9.17, 15) is 12.8 Å². The summed E-state index contributed by atoms with van der Waals surface area (Å²) in [5.41, 5.74) is 6.67. The standard InChI is InChI=1S/C14H14BrFN2O2S/c1-9-12(16)3-2-4-13(9)18-21(19,20)14-7-10(8-17)5-6-11(14)15/h2-7,18H,8,17H2,1H3. The molecule has 0 saturated heterocycles. The fourth-order valence-corrected chi connectivity index (χ4v) is 3.94. The van der Waals surface area contributed by atoms with Crippen LogP contribution in [0.15, 0.2) is 45.8 Å². The monoisotopic (exact) mass is 372 g/mol. The summed E-state index contributed by atoms with van der Waals surface area (Å²) in [4.78, 5) is 0.0640. The number of nitrogens with one attached hydrogen (secondary N) is 1. The number of hydrogen-bond acceptors (Lipinski definition) is 3. The lowest BCUT2D eigenvalue weighted by Gasteiger charge is -2.13. The van der Waals surface area contributed by atoms with Crippen molar-refractivity contribution in [2.75, 3.05) is 4.72 Å². The molecule has 0 radical (unpaired) electrons. The predicted octanol–water partition coefficient (Wildman–Crippen LogP) is 3.16. The summed E-state index contributed by atoms with van der Waals surface area (Å²) in [5.74, 6) is -0.468. The van der Waals surface area contributed by atoms with Gasteiger partial charge in [-0.2, -0.15) is 0 Å². The van der Waals surface area contributed by atoms with Gasteiger partial charge in [-0.1, -0.05) is 12.1 Å². The van der Waals surface area contributed by atoms with Crippen molar-refractivity contribution in [3.05, 3.63) is 57.8 Å². The van der Waals surface area contributed by atoms with Crippen molar-refractivity contribution in [2.24, 2.45) is 5.73 Å². The molecule has 0 unspecified atom stereocenters. The number of rotatable bonds is 4. The normalized spacial score (nSPS) is 11.4. The number of anilines is 1. The Morgan fingerprint density at radius 1 is 1.29 bits per heavy atom. The molecule has 0 aliphatic carbocycles. The highest BCUT2D eigenvalue weighted by atomic mass is 79.9. The number of benzene rings is 2. The highest BCUT2D eigenvalue weighted by Crippen LogP contribution is 2.27. The third-order valence-corrected chi connectivity index (χ3v) is 5.39. The molecule has 0 atom stereocenters.